The number of amides is 2. The monoisotopic (exact) mass is 313 g/mol. The van der Waals surface area contributed by atoms with Crippen LogP contribution in [0.25, 0.3) is 0 Å². The molecule has 1 saturated carbocycles. The number of hydrogen-bond donors (Lipinski definition) is 3. The molecule has 0 aliphatic heterocycles. The predicted octanol–water partition coefficient (Wildman–Crippen LogP) is 1.91. The predicted molar refractivity (Wildman–Crippen MR) is 86.8 cm³/mol. The van der Waals surface area contributed by atoms with Crippen molar-refractivity contribution in [2.75, 3.05) is 19.6 Å². The minimum atomic E-state index is -0.799. The number of nitrogens with zero attached hydrogens (tertiary/aromatic N) is 1. The van der Waals surface area contributed by atoms with Crippen LogP contribution in [-0.4, -0.2) is 53.7 Å². The van der Waals surface area contributed by atoms with E-state index in [1.165, 1.54) is 0 Å². The summed E-state index contributed by atoms with van der Waals surface area (Å²) in [5, 5.41) is 14.8. The summed E-state index contributed by atoms with van der Waals surface area (Å²) in [6.45, 7) is 12.0. The zero-order valence-corrected chi connectivity index (χ0v) is 14.5. The third-order valence-corrected chi connectivity index (χ3v) is 4.98. The Morgan fingerprint density at radius 3 is 2.36 bits per heavy atom. The molecular formula is C16H31N3O3. The van der Waals surface area contributed by atoms with Crippen LogP contribution >= 0.6 is 0 Å². The van der Waals surface area contributed by atoms with Gasteiger partial charge in [-0.3, -0.25) is 9.69 Å². The maximum Gasteiger partial charge on any atom is 0.317 e. The normalized spacial score (nSPS) is 21.6. The van der Waals surface area contributed by atoms with Crippen molar-refractivity contribution in [3.8, 4) is 0 Å². The van der Waals surface area contributed by atoms with Gasteiger partial charge in [0.25, 0.3) is 0 Å². The summed E-state index contributed by atoms with van der Waals surface area (Å²) in [6, 6.07) is 0.284. The first-order valence-electron chi connectivity index (χ1n) is 8.16. The van der Waals surface area contributed by atoms with E-state index in [2.05, 4.69) is 38.3 Å². The minimum Gasteiger partial charge on any atom is -0.480 e. The fraction of sp³-hybridized carbons (Fsp3) is 0.875. The number of rotatable bonds is 8. The van der Waals surface area contributed by atoms with Gasteiger partial charge in [-0.15, -0.1) is 0 Å². The molecule has 0 saturated heterocycles. The highest BCUT2D eigenvalue weighted by Gasteiger charge is 2.34. The molecule has 0 aromatic heterocycles. The Hall–Kier alpha value is -1.30. The Kier molecular flexibility index (Phi) is 6.66. The molecule has 1 aliphatic rings. The summed E-state index contributed by atoms with van der Waals surface area (Å²) in [7, 11) is 0. The van der Waals surface area contributed by atoms with E-state index in [1.807, 2.05) is 11.8 Å². The summed E-state index contributed by atoms with van der Waals surface area (Å²) in [5.74, 6) is -0.304. The van der Waals surface area contributed by atoms with Crippen LogP contribution in [0.2, 0.25) is 0 Å². The Morgan fingerprint density at radius 1 is 1.32 bits per heavy atom. The molecule has 1 aliphatic carbocycles. The van der Waals surface area contributed by atoms with E-state index in [0.717, 1.165) is 19.4 Å². The molecule has 1 rings (SSSR count). The van der Waals surface area contributed by atoms with Crippen molar-refractivity contribution in [2.24, 2.45) is 11.3 Å². The third kappa shape index (κ3) is 5.48. The van der Waals surface area contributed by atoms with Crippen molar-refractivity contribution in [1.82, 2.24) is 15.5 Å². The second kappa shape index (κ2) is 7.81. The molecule has 128 valence electrons. The summed E-state index contributed by atoms with van der Waals surface area (Å²) >= 11 is 0. The zero-order valence-electron chi connectivity index (χ0n) is 14.5. The highest BCUT2D eigenvalue weighted by molar-refractivity contribution is 5.74. The number of carboxylic acid groups (broad SMARTS) is 1. The van der Waals surface area contributed by atoms with Gasteiger partial charge in [-0.25, -0.2) is 4.79 Å². The number of carbonyl (C=O) groups excluding carboxylic acids is 1. The van der Waals surface area contributed by atoms with Crippen LogP contribution in [0, 0.1) is 11.3 Å². The van der Waals surface area contributed by atoms with Gasteiger partial charge < -0.3 is 15.7 Å². The lowest BCUT2D eigenvalue weighted by atomic mass is 9.81. The SMILES string of the molecule is CCN(CC(=O)O)C1CC(NC(=O)NCC(C)(C)C(C)C)C1. The Morgan fingerprint density at radius 2 is 1.91 bits per heavy atom. The van der Waals surface area contributed by atoms with Gasteiger partial charge >= 0.3 is 12.0 Å². The van der Waals surface area contributed by atoms with Crippen LogP contribution in [0.4, 0.5) is 4.79 Å². The van der Waals surface area contributed by atoms with Gasteiger partial charge in [0.15, 0.2) is 0 Å². The number of aliphatic carboxylic acids is 1. The first kappa shape index (κ1) is 18.7. The molecule has 1 fully saturated rings. The summed E-state index contributed by atoms with van der Waals surface area (Å²) in [4.78, 5) is 24.6. The molecule has 0 spiro atoms. The lowest BCUT2D eigenvalue weighted by Gasteiger charge is -2.42. The fourth-order valence-electron chi connectivity index (χ4n) is 2.43. The number of carboxylic acids is 1. The molecule has 0 unspecified atom stereocenters. The number of hydrogen-bond acceptors (Lipinski definition) is 3. The van der Waals surface area contributed by atoms with E-state index in [0.29, 0.717) is 12.5 Å². The highest BCUT2D eigenvalue weighted by Crippen LogP contribution is 2.26. The molecule has 0 heterocycles. The molecule has 6 heteroatoms. The van der Waals surface area contributed by atoms with Crippen molar-refractivity contribution in [1.29, 1.82) is 0 Å². The molecule has 22 heavy (non-hydrogen) atoms. The average Bonchev–Trinajstić information content (AvgIpc) is 2.37. The van der Waals surface area contributed by atoms with E-state index >= 15 is 0 Å². The first-order chi connectivity index (χ1) is 10.2. The summed E-state index contributed by atoms with van der Waals surface area (Å²) < 4.78 is 0. The number of likely N-dealkylation sites (N-methyl/N-ethyl adjacent to an activating group) is 1. The second-order valence-corrected chi connectivity index (χ2v) is 7.25. The standard InChI is InChI=1S/C16H31N3O3/c1-6-19(9-14(20)21)13-7-12(8-13)18-15(22)17-10-16(4,5)11(2)3/h11-13H,6-10H2,1-5H3,(H,20,21)(H2,17,18,22). The van der Waals surface area contributed by atoms with Crippen molar-refractivity contribution < 1.29 is 14.7 Å². The van der Waals surface area contributed by atoms with Crippen LogP contribution < -0.4 is 10.6 Å². The quantitative estimate of drug-likeness (QED) is 0.639. The van der Waals surface area contributed by atoms with E-state index in [9.17, 15) is 9.59 Å². The molecular weight excluding hydrogens is 282 g/mol. The first-order valence-corrected chi connectivity index (χ1v) is 8.16. The van der Waals surface area contributed by atoms with Crippen LogP contribution in [0.3, 0.4) is 0 Å². The number of nitrogens with one attached hydrogen (secondary N) is 2. The van der Waals surface area contributed by atoms with Gasteiger partial charge in [0.05, 0.1) is 6.54 Å². The molecule has 0 aromatic rings. The molecule has 0 bridgehead atoms. The van der Waals surface area contributed by atoms with Gasteiger partial charge in [-0.2, -0.15) is 0 Å². The Bertz CT molecular complexity index is 390. The molecule has 0 atom stereocenters. The minimum absolute atomic E-state index is 0.0694. The maximum atomic E-state index is 11.9. The van der Waals surface area contributed by atoms with Crippen LogP contribution in [0.1, 0.15) is 47.5 Å². The fourth-order valence-corrected chi connectivity index (χ4v) is 2.43. The van der Waals surface area contributed by atoms with Crippen molar-refractivity contribution in [3.63, 3.8) is 0 Å². The van der Waals surface area contributed by atoms with Crippen molar-refractivity contribution in [2.45, 2.75) is 59.5 Å². The molecule has 0 radical (unpaired) electrons. The summed E-state index contributed by atoms with van der Waals surface area (Å²) in [6.07, 6.45) is 1.64. The molecule has 2 amide bonds. The van der Waals surface area contributed by atoms with Gasteiger partial charge in [0.2, 0.25) is 0 Å². The third-order valence-electron chi connectivity index (χ3n) is 4.98. The number of urea groups is 1. The second-order valence-electron chi connectivity index (χ2n) is 7.25. The Labute approximate surface area is 133 Å². The lowest BCUT2D eigenvalue weighted by Crippen LogP contribution is -2.56. The largest absolute Gasteiger partial charge is 0.480 e. The van der Waals surface area contributed by atoms with E-state index < -0.39 is 5.97 Å². The van der Waals surface area contributed by atoms with Gasteiger partial charge in [-0.1, -0.05) is 34.6 Å². The van der Waals surface area contributed by atoms with Crippen LogP contribution in [0.15, 0.2) is 0 Å². The van der Waals surface area contributed by atoms with Crippen molar-refractivity contribution in [3.05, 3.63) is 0 Å². The van der Waals surface area contributed by atoms with Crippen LogP contribution in [-0.2, 0) is 4.79 Å². The van der Waals surface area contributed by atoms with Crippen molar-refractivity contribution >= 4 is 12.0 Å². The Balaban J connectivity index is 2.28. The number of carbonyl (C=O) groups is 2. The maximum absolute atomic E-state index is 11.9. The van der Waals surface area contributed by atoms with E-state index in [-0.39, 0.29) is 30.1 Å². The summed E-state index contributed by atoms with van der Waals surface area (Å²) in [5.41, 5.74) is 0.0694. The zero-order chi connectivity index (χ0) is 16.9. The molecule has 6 nitrogen and oxygen atoms in total. The van der Waals surface area contributed by atoms with Gasteiger partial charge in [0.1, 0.15) is 0 Å². The lowest BCUT2D eigenvalue weighted by molar-refractivity contribution is -0.139. The van der Waals surface area contributed by atoms with Gasteiger partial charge in [-0.05, 0) is 30.7 Å². The van der Waals surface area contributed by atoms with E-state index in [1.54, 1.807) is 0 Å². The topological polar surface area (TPSA) is 81.7 Å². The van der Waals surface area contributed by atoms with E-state index in [4.69, 9.17) is 5.11 Å². The smallest absolute Gasteiger partial charge is 0.317 e. The van der Waals surface area contributed by atoms with Gasteiger partial charge in [0, 0.05) is 18.6 Å². The molecule has 0 aromatic carbocycles. The average molecular weight is 313 g/mol. The molecule has 3 N–H and O–H groups in total. The van der Waals surface area contributed by atoms with Crippen LogP contribution in [0.5, 0.6) is 0 Å². The highest BCUT2D eigenvalue weighted by atomic mass is 16.4.